The predicted molar refractivity (Wildman–Crippen MR) is 93.4 cm³/mol. The van der Waals surface area contributed by atoms with Gasteiger partial charge in [0.2, 0.25) is 5.91 Å². The van der Waals surface area contributed by atoms with Gasteiger partial charge in [-0.05, 0) is 51.8 Å². The number of rotatable bonds is 5. The van der Waals surface area contributed by atoms with Gasteiger partial charge >= 0.3 is 0 Å². The van der Waals surface area contributed by atoms with E-state index in [9.17, 15) is 14.9 Å². The lowest BCUT2D eigenvalue weighted by atomic mass is 10.2. The highest BCUT2D eigenvalue weighted by molar-refractivity contribution is 9.11. The fourth-order valence-corrected chi connectivity index (χ4v) is 3.46. The van der Waals surface area contributed by atoms with Gasteiger partial charge < -0.3 is 5.32 Å². The molecule has 0 saturated heterocycles. The summed E-state index contributed by atoms with van der Waals surface area (Å²) < 4.78 is 2.66. The van der Waals surface area contributed by atoms with Crippen LogP contribution in [0.4, 0.5) is 11.4 Å². The highest BCUT2D eigenvalue weighted by atomic mass is 79.9. The van der Waals surface area contributed by atoms with Crippen LogP contribution in [0.1, 0.15) is 17.8 Å². The number of hydrogen-bond donors (Lipinski definition) is 1. The van der Waals surface area contributed by atoms with Crippen LogP contribution < -0.4 is 5.32 Å². The topological polar surface area (TPSA) is 90.1 Å². The summed E-state index contributed by atoms with van der Waals surface area (Å²) in [5, 5.41) is 17.8. The minimum Gasteiger partial charge on any atom is -0.324 e. The number of nitro groups is 1. The molecular formula is C14H14Br2N4O3. The third-order valence-corrected chi connectivity index (χ3v) is 4.41. The largest absolute Gasteiger partial charge is 0.324 e. The van der Waals surface area contributed by atoms with Crippen molar-refractivity contribution in [1.29, 1.82) is 0 Å². The summed E-state index contributed by atoms with van der Waals surface area (Å²) in [7, 11) is 0. The second-order valence-electron chi connectivity index (χ2n) is 4.99. The van der Waals surface area contributed by atoms with Gasteiger partial charge in [0, 0.05) is 39.7 Å². The molecule has 2 rings (SSSR count). The smallest absolute Gasteiger partial charge is 0.271 e. The van der Waals surface area contributed by atoms with Crippen molar-refractivity contribution in [3.8, 4) is 0 Å². The van der Waals surface area contributed by atoms with Gasteiger partial charge in [0.1, 0.15) is 0 Å². The van der Waals surface area contributed by atoms with E-state index < -0.39 is 4.92 Å². The second-order valence-corrected chi connectivity index (χ2v) is 6.70. The maximum Gasteiger partial charge on any atom is 0.271 e. The van der Waals surface area contributed by atoms with Gasteiger partial charge in [-0.15, -0.1) is 0 Å². The Kier molecular flexibility index (Phi) is 5.53. The van der Waals surface area contributed by atoms with Crippen molar-refractivity contribution in [2.75, 3.05) is 5.32 Å². The van der Waals surface area contributed by atoms with Crippen molar-refractivity contribution < 1.29 is 9.72 Å². The van der Waals surface area contributed by atoms with E-state index in [0.717, 1.165) is 11.4 Å². The molecular weight excluding hydrogens is 432 g/mol. The lowest BCUT2D eigenvalue weighted by molar-refractivity contribution is -0.385. The second kappa shape index (κ2) is 7.22. The molecule has 1 aromatic carbocycles. The molecule has 23 heavy (non-hydrogen) atoms. The summed E-state index contributed by atoms with van der Waals surface area (Å²) >= 11 is 6.48. The first-order chi connectivity index (χ1) is 10.8. The quantitative estimate of drug-likeness (QED) is 0.557. The molecule has 1 heterocycles. The Labute approximate surface area is 149 Å². The van der Waals surface area contributed by atoms with Crippen LogP contribution in [-0.4, -0.2) is 20.6 Å². The number of aromatic nitrogens is 2. The van der Waals surface area contributed by atoms with Gasteiger partial charge in [-0.2, -0.15) is 5.10 Å². The van der Waals surface area contributed by atoms with Crippen molar-refractivity contribution in [1.82, 2.24) is 9.78 Å². The summed E-state index contributed by atoms with van der Waals surface area (Å²) in [6, 6.07) is 4.64. The van der Waals surface area contributed by atoms with E-state index in [2.05, 4.69) is 42.3 Å². The summed E-state index contributed by atoms with van der Waals surface area (Å²) in [6.45, 7) is 4.30. The van der Waals surface area contributed by atoms with Gasteiger partial charge in [-0.3, -0.25) is 19.6 Å². The molecule has 122 valence electrons. The van der Waals surface area contributed by atoms with Gasteiger partial charge in [-0.1, -0.05) is 0 Å². The minimum absolute atomic E-state index is 0.0654. The number of carbonyl (C=O) groups is 1. The zero-order valence-electron chi connectivity index (χ0n) is 12.5. The van der Waals surface area contributed by atoms with E-state index in [0.29, 0.717) is 21.2 Å². The monoisotopic (exact) mass is 444 g/mol. The fraction of sp³-hybridized carbons (Fsp3) is 0.286. The van der Waals surface area contributed by atoms with Crippen LogP contribution in [0.15, 0.2) is 27.1 Å². The average molecular weight is 446 g/mol. The first-order valence-corrected chi connectivity index (χ1v) is 8.31. The van der Waals surface area contributed by atoms with Gasteiger partial charge in [0.05, 0.1) is 16.3 Å². The van der Waals surface area contributed by atoms with Crippen LogP contribution in [0.3, 0.4) is 0 Å². The van der Waals surface area contributed by atoms with Crippen LogP contribution in [-0.2, 0) is 11.3 Å². The molecule has 7 nitrogen and oxygen atoms in total. The number of aryl methyl sites for hydroxylation is 3. The molecule has 0 aliphatic rings. The SMILES string of the molecule is Cc1cc(C)n(CCC(=O)Nc2c(Br)cc([N+](=O)[O-])cc2Br)n1. The van der Waals surface area contributed by atoms with Crippen LogP contribution in [0.2, 0.25) is 0 Å². The molecule has 2 aromatic rings. The average Bonchev–Trinajstić information content (AvgIpc) is 2.78. The fourth-order valence-electron chi connectivity index (χ4n) is 2.10. The van der Waals surface area contributed by atoms with Crippen molar-refractivity contribution in [2.24, 2.45) is 0 Å². The molecule has 0 unspecified atom stereocenters. The summed E-state index contributed by atoms with van der Waals surface area (Å²) in [4.78, 5) is 22.4. The van der Waals surface area contributed by atoms with Crippen LogP contribution in [0, 0.1) is 24.0 Å². The summed E-state index contributed by atoms with van der Waals surface area (Å²) in [5.41, 5.74) is 2.30. The Morgan fingerprint density at radius 1 is 1.30 bits per heavy atom. The summed E-state index contributed by atoms with van der Waals surface area (Å²) in [6.07, 6.45) is 0.248. The van der Waals surface area contributed by atoms with Gasteiger partial charge in [-0.25, -0.2) is 0 Å². The number of nitrogens with zero attached hydrogens (tertiary/aromatic N) is 3. The maximum atomic E-state index is 12.1. The lowest BCUT2D eigenvalue weighted by Crippen LogP contribution is -2.16. The lowest BCUT2D eigenvalue weighted by Gasteiger charge is -2.10. The number of amides is 1. The molecule has 9 heteroatoms. The molecule has 0 spiro atoms. The molecule has 1 aromatic heterocycles. The molecule has 0 aliphatic heterocycles. The number of carbonyl (C=O) groups excluding carboxylic acids is 1. The summed E-state index contributed by atoms with van der Waals surface area (Å²) in [5.74, 6) is -0.201. The predicted octanol–water partition coefficient (Wildman–Crippen LogP) is 3.96. The molecule has 0 bridgehead atoms. The number of nitro benzene ring substituents is 1. The van der Waals surface area contributed by atoms with Crippen molar-refractivity contribution in [2.45, 2.75) is 26.8 Å². The van der Waals surface area contributed by atoms with Crippen molar-refractivity contribution in [3.63, 3.8) is 0 Å². The standard InChI is InChI=1S/C14H14Br2N4O3/c1-8-5-9(2)19(18-8)4-3-13(21)17-14-11(15)6-10(20(22)23)7-12(14)16/h5-7H,3-4H2,1-2H3,(H,17,21). The number of nitrogens with one attached hydrogen (secondary N) is 1. The maximum absolute atomic E-state index is 12.1. The van der Waals surface area contributed by atoms with E-state index in [1.54, 1.807) is 4.68 Å². The van der Waals surface area contributed by atoms with Crippen molar-refractivity contribution in [3.05, 3.63) is 48.6 Å². The highest BCUT2D eigenvalue weighted by Crippen LogP contribution is 2.35. The molecule has 0 fully saturated rings. The normalized spacial score (nSPS) is 10.6. The number of benzene rings is 1. The Hall–Kier alpha value is -1.74. The Bertz CT molecular complexity index is 750. The zero-order valence-corrected chi connectivity index (χ0v) is 15.6. The third kappa shape index (κ3) is 4.38. The molecule has 0 atom stereocenters. The number of hydrogen-bond acceptors (Lipinski definition) is 4. The first-order valence-electron chi connectivity index (χ1n) is 6.72. The first kappa shape index (κ1) is 17.6. The zero-order chi connectivity index (χ0) is 17.1. The Morgan fingerprint density at radius 2 is 1.91 bits per heavy atom. The number of non-ortho nitro benzene ring substituents is 1. The van der Waals surface area contributed by atoms with Crippen LogP contribution in [0.25, 0.3) is 0 Å². The van der Waals surface area contributed by atoms with Crippen molar-refractivity contribution >= 4 is 49.1 Å². The van der Waals surface area contributed by atoms with Gasteiger partial charge in [0.15, 0.2) is 0 Å². The Morgan fingerprint density at radius 3 is 2.39 bits per heavy atom. The van der Waals surface area contributed by atoms with Gasteiger partial charge in [0.25, 0.3) is 5.69 Å². The molecule has 0 saturated carbocycles. The van der Waals surface area contributed by atoms with E-state index in [-0.39, 0.29) is 18.0 Å². The van der Waals surface area contributed by atoms with E-state index in [1.807, 2.05) is 19.9 Å². The molecule has 0 radical (unpaired) electrons. The highest BCUT2D eigenvalue weighted by Gasteiger charge is 2.16. The van der Waals surface area contributed by atoms with E-state index in [4.69, 9.17) is 0 Å². The number of halogens is 2. The molecule has 0 aliphatic carbocycles. The van der Waals surface area contributed by atoms with Crippen LogP contribution in [0.5, 0.6) is 0 Å². The molecule has 1 N–H and O–H groups in total. The van der Waals surface area contributed by atoms with E-state index in [1.165, 1.54) is 12.1 Å². The van der Waals surface area contributed by atoms with Crippen LogP contribution >= 0.6 is 31.9 Å². The number of anilines is 1. The van der Waals surface area contributed by atoms with E-state index >= 15 is 0 Å². The Balaban J connectivity index is 2.05. The third-order valence-electron chi connectivity index (χ3n) is 3.16. The molecule has 1 amide bonds. The minimum atomic E-state index is -0.496.